The summed E-state index contributed by atoms with van der Waals surface area (Å²) in [5.41, 5.74) is 0. The zero-order valence-electron chi connectivity index (χ0n) is 7.66. The van der Waals surface area contributed by atoms with Gasteiger partial charge in [0.05, 0.1) is 25.4 Å². The van der Waals surface area contributed by atoms with Crippen LogP contribution in [0.1, 0.15) is 6.42 Å². The maximum absolute atomic E-state index is 11.4. The Kier molecular flexibility index (Phi) is 2.39. The Morgan fingerprint density at radius 3 is 3.07 bits per heavy atom. The summed E-state index contributed by atoms with van der Waals surface area (Å²) in [4.78, 5) is 23.1. The highest BCUT2D eigenvalue weighted by molar-refractivity contribution is 8.00. The number of amides is 1. The van der Waals surface area contributed by atoms with Crippen molar-refractivity contribution in [2.45, 2.75) is 16.7 Å². The van der Waals surface area contributed by atoms with E-state index in [1.54, 1.807) is 4.90 Å². The number of β-lactam (4-membered cyclic amide) rings is 1. The number of alkyl halides is 1. The smallest absolute Gasteiger partial charge is 0.329 e. The minimum absolute atomic E-state index is 0.0659. The molecule has 0 radical (unpaired) electrons. The number of ether oxygens (including phenoxy) is 1. The Bertz CT molecular complexity index is 298. The molecule has 0 aromatic carbocycles. The van der Waals surface area contributed by atoms with Crippen molar-refractivity contribution in [3.63, 3.8) is 0 Å². The molecule has 0 bridgehead atoms. The molecule has 2 aliphatic heterocycles. The number of fused-ring (bicyclic) bond motifs is 1. The molecule has 2 fully saturated rings. The number of carbonyl (C=O) groups is 2. The third-order valence-electron chi connectivity index (χ3n) is 2.49. The van der Waals surface area contributed by atoms with Crippen molar-refractivity contribution in [3.8, 4) is 0 Å². The van der Waals surface area contributed by atoms with Gasteiger partial charge in [0.1, 0.15) is 0 Å². The maximum Gasteiger partial charge on any atom is 0.329 e. The Hall–Kier alpha value is -0.420. The quantitative estimate of drug-likeness (QED) is 0.376. The molecule has 0 saturated carbocycles. The fraction of sp³-hybridized carbons (Fsp3) is 0.750. The highest BCUT2D eigenvalue weighted by Gasteiger charge is 2.51. The van der Waals surface area contributed by atoms with Gasteiger partial charge in [-0.1, -0.05) is 0 Å². The first kappa shape index (κ1) is 10.1. The first-order valence-corrected chi connectivity index (χ1v) is 5.68. The van der Waals surface area contributed by atoms with Crippen molar-refractivity contribution in [2.24, 2.45) is 0 Å². The van der Waals surface area contributed by atoms with Crippen molar-refractivity contribution >= 4 is 35.2 Å². The van der Waals surface area contributed by atoms with Gasteiger partial charge < -0.3 is 9.64 Å². The summed E-state index contributed by atoms with van der Waals surface area (Å²) in [7, 11) is 1.31. The highest BCUT2D eigenvalue weighted by Crippen LogP contribution is 2.40. The van der Waals surface area contributed by atoms with Gasteiger partial charge in [-0.05, 0) is 0 Å². The molecule has 0 N–H and O–H groups in total. The van der Waals surface area contributed by atoms with Gasteiger partial charge in [0.2, 0.25) is 5.91 Å². The van der Waals surface area contributed by atoms with Crippen LogP contribution in [0.25, 0.3) is 0 Å². The monoisotopic (exact) mass is 235 g/mol. The molecule has 0 aromatic rings. The molecule has 2 rings (SSSR count). The van der Waals surface area contributed by atoms with Gasteiger partial charge in [-0.25, -0.2) is 0 Å². The second-order valence-electron chi connectivity index (χ2n) is 3.45. The van der Waals surface area contributed by atoms with Crippen LogP contribution in [0.5, 0.6) is 0 Å². The van der Waals surface area contributed by atoms with Crippen LogP contribution in [0.4, 0.5) is 0 Å². The number of hydrogen-bond acceptors (Lipinski definition) is 4. The van der Waals surface area contributed by atoms with Crippen LogP contribution in [-0.2, 0) is 14.3 Å². The molecule has 2 atom stereocenters. The van der Waals surface area contributed by atoms with Crippen LogP contribution in [0, 0.1) is 0 Å². The van der Waals surface area contributed by atoms with Gasteiger partial charge in [0, 0.05) is 5.75 Å². The van der Waals surface area contributed by atoms with E-state index >= 15 is 0 Å². The summed E-state index contributed by atoms with van der Waals surface area (Å²) >= 11 is 7.64. The molecule has 14 heavy (non-hydrogen) atoms. The van der Waals surface area contributed by atoms with E-state index in [1.807, 2.05) is 0 Å². The predicted octanol–water partition coefficient (Wildman–Crippen LogP) is 0.442. The molecule has 1 unspecified atom stereocenters. The van der Waals surface area contributed by atoms with E-state index in [0.717, 1.165) is 0 Å². The number of halogens is 1. The van der Waals surface area contributed by atoms with E-state index in [-0.39, 0.29) is 17.8 Å². The zero-order valence-corrected chi connectivity index (χ0v) is 9.23. The minimum Gasteiger partial charge on any atom is -0.468 e. The van der Waals surface area contributed by atoms with Gasteiger partial charge in [-0.2, -0.15) is 0 Å². The first-order valence-electron chi connectivity index (χ1n) is 4.25. The molecule has 2 aliphatic rings. The topological polar surface area (TPSA) is 46.6 Å². The molecular formula is C8H10ClNO3S. The van der Waals surface area contributed by atoms with Crippen LogP contribution < -0.4 is 0 Å². The Morgan fingerprint density at radius 1 is 1.79 bits per heavy atom. The highest BCUT2D eigenvalue weighted by atomic mass is 35.5. The van der Waals surface area contributed by atoms with E-state index in [2.05, 4.69) is 4.74 Å². The van der Waals surface area contributed by atoms with Crippen LogP contribution in [0.2, 0.25) is 0 Å². The summed E-state index contributed by atoms with van der Waals surface area (Å²) in [5.74, 6) is 0.122. The molecular weight excluding hydrogens is 226 g/mol. The van der Waals surface area contributed by atoms with Crippen molar-refractivity contribution in [1.82, 2.24) is 4.90 Å². The summed E-state index contributed by atoms with van der Waals surface area (Å²) in [6.45, 7) is 0.276. The third-order valence-corrected chi connectivity index (χ3v) is 4.53. The third kappa shape index (κ3) is 1.39. The fourth-order valence-electron chi connectivity index (χ4n) is 1.61. The summed E-state index contributed by atoms with van der Waals surface area (Å²) in [6.07, 6.45) is 0.568. The molecule has 1 amide bonds. The van der Waals surface area contributed by atoms with Crippen LogP contribution in [0.15, 0.2) is 0 Å². The van der Waals surface area contributed by atoms with Gasteiger partial charge in [-0.3, -0.25) is 9.59 Å². The summed E-state index contributed by atoms with van der Waals surface area (Å²) in [6, 6.07) is 0. The number of rotatable bonds is 1. The van der Waals surface area contributed by atoms with E-state index in [9.17, 15) is 9.59 Å². The second kappa shape index (κ2) is 3.31. The van der Waals surface area contributed by atoms with Crippen LogP contribution >= 0.6 is 23.4 Å². The SMILES string of the molecule is COC(=O)C1(Cl)CS[C@@H]2CC(=O)N2C1. The molecule has 78 valence electrons. The second-order valence-corrected chi connectivity index (χ2v) is 5.34. The lowest BCUT2D eigenvalue weighted by Crippen LogP contribution is -2.62. The largest absolute Gasteiger partial charge is 0.468 e. The maximum atomic E-state index is 11.4. The van der Waals surface area contributed by atoms with E-state index in [4.69, 9.17) is 11.6 Å². The van der Waals surface area contributed by atoms with Crippen molar-refractivity contribution < 1.29 is 14.3 Å². The number of esters is 1. The molecule has 6 heteroatoms. The van der Waals surface area contributed by atoms with Gasteiger partial charge in [0.25, 0.3) is 0 Å². The summed E-state index contributed by atoms with van der Waals surface area (Å²) < 4.78 is 4.61. The lowest BCUT2D eigenvalue weighted by Gasteiger charge is -2.47. The Morgan fingerprint density at radius 2 is 2.50 bits per heavy atom. The first-order chi connectivity index (χ1) is 6.57. The average Bonchev–Trinajstić information content (AvgIpc) is 2.19. The number of methoxy groups -OCH3 is 1. The lowest BCUT2D eigenvalue weighted by atomic mass is 10.1. The molecule has 0 spiro atoms. The van der Waals surface area contributed by atoms with Gasteiger partial charge >= 0.3 is 5.97 Å². The van der Waals surface area contributed by atoms with E-state index in [0.29, 0.717) is 12.2 Å². The minimum atomic E-state index is -1.05. The standard InChI is InChI=1S/C8H10ClNO3S/c1-13-7(12)8(9)3-10-5(11)2-6(10)14-4-8/h6H,2-4H2,1H3/t6-,8?/m1/s1. The molecule has 0 aromatic heterocycles. The van der Waals surface area contributed by atoms with Crippen molar-refractivity contribution in [2.75, 3.05) is 19.4 Å². The van der Waals surface area contributed by atoms with Gasteiger partial charge in [-0.15, -0.1) is 23.4 Å². The number of nitrogens with zero attached hydrogens (tertiary/aromatic N) is 1. The number of carbonyl (C=O) groups excluding carboxylic acids is 2. The summed E-state index contributed by atoms with van der Waals surface area (Å²) in [5, 5.41) is 0.221. The van der Waals surface area contributed by atoms with Gasteiger partial charge in [0.15, 0.2) is 4.87 Å². The number of hydrogen-bond donors (Lipinski definition) is 0. The molecule has 2 heterocycles. The van der Waals surface area contributed by atoms with Crippen molar-refractivity contribution in [1.29, 1.82) is 0 Å². The molecule has 4 nitrogen and oxygen atoms in total. The van der Waals surface area contributed by atoms with E-state index < -0.39 is 10.8 Å². The van der Waals surface area contributed by atoms with Crippen LogP contribution in [-0.4, -0.2) is 46.4 Å². The van der Waals surface area contributed by atoms with E-state index in [1.165, 1.54) is 18.9 Å². The Balaban J connectivity index is 2.09. The predicted molar refractivity (Wildman–Crippen MR) is 53.2 cm³/mol. The fourth-order valence-corrected chi connectivity index (χ4v) is 3.31. The number of thioether (sulfide) groups is 1. The molecule has 2 saturated heterocycles. The Labute approximate surface area is 90.9 Å². The van der Waals surface area contributed by atoms with Crippen molar-refractivity contribution in [3.05, 3.63) is 0 Å². The normalized spacial score (nSPS) is 36.0. The zero-order chi connectivity index (χ0) is 10.3. The molecule has 0 aliphatic carbocycles. The lowest BCUT2D eigenvalue weighted by molar-refractivity contribution is -0.148. The van der Waals surface area contributed by atoms with Crippen LogP contribution in [0.3, 0.4) is 0 Å². The average molecular weight is 236 g/mol.